The number of benzene rings is 3. The van der Waals surface area contributed by atoms with Crippen LogP contribution in [0, 0.1) is 0 Å². The third kappa shape index (κ3) is 5.82. The lowest BCUT2D eigenvalue weighted by Gasteiger charge is -2.33. The van der Waals surface area contributed by atoms with Gasteiger partial charge < -0.3 is 9.47 Å². The summed E-state index contributed by atoms with van der Waals surface area (Å²) in [6.07, 6.45) is 7.90. The molecule has 3 aromatic rings. The second-order valence-electron chi connectivity index (χ2n) is 10.1. The Balaban J connectivity index is 1.44. The number of para-hydroxylation sites is 2. The third-order valence-electron chi connectivity index (χ3n) is 7.99. The van der Waals surface area contributed by atoms with Crippen LogP contribution >= 0.6 is 15.8 Å². The van der Waals surface area contributed by atoms with E-state index >= 15 is 0 Å². The highest BCUT2D eigenvalue weighted by Crippen LogP contribution is 2.60. The molecule has 2 aliphatic rings. The molecular weight excluding hydrogens is 478 g/mol. The molecule has 5 rings (SSSR count). The molecule has 4 atom stereocenters. The molecule has 4 heteroatoms. The summed E-state index contributed by atoms with van der Waals surface area (Å²) < 4.78 is 12.8. The Kier molecular flexibility index (Phi) is 9.00. The van der Waals surface area contributed by atoms with E-state index in [-0.39, 0.29) is 15.8 Å². The molecule has 0 N–H and O–H groups in total. The fourth-order valence-corrected chi connectivity index (χ4v) is 13.8. The SMILES string of the molecule is CCC1CCC(CC)P1c1ccccc1P1C(COc2ccccc2)CCC1COc1ccccc1. The first-order valence-electron chi connectivity index (χ1n) is 13.8. The van der Waals surface area contributed by atoms with E-state index in [4.69, 9.17) is 9.47 Å². The van der Waals surface area contributed by atoms with E-state index in [1.807, 2.05) is 0 Å². The molecule has 0 amide bonds. The van der Waals surface area contributed by atoms with Crippen molar-refractivity contribution in [1.29, 1.82) is 0 Å². The summed E-state index contributed by atoms with van der Waals surface area (Å²) in [5.41, 5.74) is 2.90. The van der Waals surface area contributed by atoms with Crippen molar-refractivity contribution in [3.63, 3.8) is 0 Å². The zero-order valence-corrected chi connectivity index (χ0v) is 23.5. The van der Waals surface area contributed by atoms with Gasteiger partial charge in [0.15, 0.2) is 0 Å². The summed E-state index contributed by atoms with van der Waals surface area (Å²) in [6, 6.07) is 30.3. The van der Waals surface area contributed by atoms with Gasteiger partial charge in [0, 0.05) is 11.3 Å². The molecule has 0 saturated carbocycles. The molecule has 3 aromatic carbocycles. The van der Waals surface area contributed by atoms with Crippen molar-refractivity contribution in [2.45, 2.75) is 75.0 Å². The predicted molar refractivity (Wildman–Crippen MR) is 158 cm³/mol. The summed E-state index contributed by atoms with van der Waals surface area (Å²) in [7, 11) is -0.492. The van der Waals surface area contributed by atoms with Gasteiger partial charge in [0.2, 0.25) is 0 Å². The van der Waals surface area contributed by atoms with Gasteiger partial charge in [-0.05, 0) is 84.7 Å². The summed E-state index contributed by atoms with van der Waals surface area (Å²) in [5, 5.41) is 3.38. The van der Waals surface area contributed by atoms with Crippen LogP contribution in [-0.4, -0.2) is 35.8 Å². The Morgan fingerprint density at radius 2 is 0.889 bits per heavy atom. The Bertz CT molecular complexity index is 1010. The van der Waals surface area contributed by atoms with Gasteiger partial charge >= 0.3 is 0 Å². The maximum Gasteiger partial charge on any atom is 0.119 e. The van der Waals surface area contributed by atoms with Crippen LogP contribution < -0.4 is 20.1 Å². The first-order chi connectivity index (χ1) is 17.8. The quantitative estimate of drug-likeness (QED) is 0.254. The molecule has 2 nitrogen and oxygen atoms in total. The van der Waals surface area contributed by atoms with Crippen LogP contribution in [0.5, 0.6) is 11.5 Å². The first-order valence-corrected chi connectivity index (χ1v) is 16.8. The molecule has 0 spiro atoms. The minimum atomic E-state index is -0.378. The number of rotatable bonds is 10. The molecule has 2 heterocycles. The van der Waals surface area contributed by atoms with E-state index < -0.39 is 0 Å². The smallest absolute Gasteiger partial charge is 0.119 e. The predicted octanol–water partition coefficient (Wildman–Crippen LogP) is 7.94. The van der Waals surface area contributed by atoms with Gasteiger partial charge in [-0.1, -0.05) is 90.4 Å². The van der Waals surface area contributed by atoms with E-state index in [0.29, 0.717) is 11.3 Å². The summed E-state index contributed by atoms with van der Waals surface area (Å²) in [4.78, 5) is 0. The Hall–Kier alpha value is -1.88. The molecule has 0 aromatic heterocycles. The van der Waals surface area contributed by atoms with Crippen molar-refractivity contribution in [3.05, 3.63) is 84.9 Å². The maximum absolute atomic E-state index is 6.38. The standard InChI is InChI=1S/C32H40O2P2/c1-3-27-19-20-28(4-2)35(27)31-17-11-12-18-32(31)36-29(23-33-25-13-7-5-8-14-25)21-22-30(36)24-34-26-15-9-6-10-16-26/h5-18,27-30H,3-4,19-24H2,1-2H3. The van der Waals surface area contributed by atoms with Gasteiger partial charge in [0.05, 0.1) is 13.2 Å². The molecule has 36 heavy (non-hydrogen) atoms. The minimum Gasteiger partial charge on any atom is -0.493 e. The number of ether oxygens (including phenoxy) is 2. The van der Waals surface area contributed by atoms with Crippen molar-refractivity contribution in [2.75, 3.05) is 13.2 Å². The monoisotopic (exact) mass is 518 g/mol. The zero-order chi connectivity index (χ0) is 24.7. The fourth-order valence-electron chi connectivity index (χ4n) is 6.16. The average molecular weight is 519 g/mol. The molecule has 0 bridgehead atoms. The highest BCUT2D eigenvalue weighted by atomic mass is 31.1. The lowest BCUT2D eigenvalue weighted by Crippen LogP contribution is -2.32. The number of hydrogen-bond acceptors (Lipinski definition) is 2. The van der Waals surface area contributed by atoms with Crippen molar-refractivity contribution in [2.24, 2.45) is 0 Å². The Labute approximate surface area is 220 Å². The van der Waals surface area contributed by atoms with Gasteiger partial charge in [-0.15, -0.1) is 0 Å². The largest absolute Gasteiger partial charge is 0.493 e. The van der Waals surface area contributed by atoms with Crippen LogP contribution in [0.2, 0.25) is 0 Å². The van der Waals surface area contributed by atoms with E-state index in [1.54, 1.807) is 10.6 Å². The van der Waals surface area contributed by atoms with Gasteiger partial charge in [0.25, 0.3) is 0 Å². The first kappa shape index (κ1) is 25.8. The van der Waals surface area contributed by atoms with Crippen LogP contribution in [0.15, 0.2) is 84.9 Å². The van der Waals surface area contributed by atoms with E-state index in [0.717, 1.165) is 36.0 Å². The van der Waals surface area contributed by atoms with Crippen molar-refractivity contribution >= 4 is 26.5 Å². The van der Waals surface area contributed by atoms with Crippen molar-refractivity contribution < 1.29 is 9.47 Å². The van der Waals surface area contributed by atoms with Crippen molar-refractivity contribution in [1.82, 2.24) is 0 Å². The second-order valence-corrected chi connectivity index (χ2v) is 15.7. The number of hydrogen-bond donors (Lipinski definition) is 0. The molecule has 0 radical (unpaired) electrons. The molecule has 2 saturated heterocycles. The second kappa shape index (κ2) is 12.6. The van der Waals surface area contributed by atoms with Crippen LogP contribution in [-0.2, 0) is 0 Å². The van der Waals surface area contributed by atoms with Crippen LogP contribution in [0.3, 0.4) is 0 Å². The van der Waals surface area contributed by atoms with Gasteiger partial charge in [-0.3, -0.25) is 0 Å². The third-order valence-corrected chi connectivity index (χ3v) is 15.3. The lowest BCUT2D eigenvalue weighted by molar-refractivity contribution is 0.307. The van der Waals surface area contributed by atoms with Crippen LogP contribution in [0.25, 0.3) is 0 Å². The normalized spacial score (nSPS) is 27.7. The highest BCUT2D eigenvalue weighted by molar-refractivity contribution is 7.73. The molecular formula is C32H40O2P2. The van der Waals surface area contributed by atoms with Gasteiger partial charge in [-0.2, -0.15) is 0 Å². The van der Waals surface area contributed by atoms with Crippen LogP contribution in [0.1, 0.15) is 52.4 Å². The maximum atomic E-state index is 6.38. The molecule has 190 valence electrons. The van der Waals surface area contributed by atoms with Crippen molar-refractivity contribution in [3.8, 4) is 11.5 Å². The minimum absolute atomic E-state index is 0.114. The summed E-state index contributed by atoms with van der Waals surface area (Å²) in [6.45, 7) is 6.43. The zero-order valence-electron chi connectivity index (χ0n) is 21.8. The Morgan fingerprint density at radius 3 is 1.31 bits per heavy atom. The highest BCUT2D eigenvalue weighted by Gasteiger charge is 2.42. The fraction of sp³-hybridized carbons (Fsp3) is 0.438. The molecule has 4 unspecified atom stereocenters. The van der Waals surface area contributed by atoms with E-state index in [2.05, 4.69) is 98.8 Å². The molecule has 2 fully saturated rings. The molecule has 2 aliphatic heterocycles. The van der Waals surface area contributed by atoms with Gasteiger partial charge in [-0.25, -0.2) is 0 Å². The Morgan fingerprint density at radius 1 is 0.528 bits per heavy atom. The molecule has 0 aliphatic carbocycles. The lowest BCUT2D eigenvalue weighted by atomic mass is 10.1. The van der Waals surface area contributed by atoms with E-state index in [9.17, 15) is 0 Å². The summed E-state index contributed by atoms with van der Waals surface area (Å²) >= 11 is 0. The van der Waals surface area contributed by atoms with E-state index in [1.165, 1.54) is 38.5 Å². The van der Waals surface area contributed by atoms with Crippen LogP contribution in [0.4, 0.5) is 0 Å². The van der Waals surface area contributed by atoms with Gasteiger partial charge in [0.1, 0.15) is 11.5 Å². The topological polar surface area (TPSA) is 18.5 Å². The average Bonchev–Trinajstić information content (AvgIpc) is 3.55. The summed E-state index contributed by atoms with van der Waals surface area (Å²) in [5.74, 6) is 1.98.